The van der Waals surface area contributed by atoms with Crippen LogP contribution in [0.3, 0.4) is 0 Å². The van der Waals surface area contributed by atoms with Crippen molar-refractivity contribution >= 4 is 5.82 Å². The summed E-state index contributed by atoms with van der Waals surface area (Å²) in [6.45, 7) is 0.621. The first kappa shape index (κ1) is 12.6. The van der Waals surface area contributed by atoms with E-state index >= 15 is 0 Å². The molecule has 0 saturated carbocycles. The zero-order valence-corrected chi connectivity index (χ0v) is 9.48. The number of hydrogen-bond donors (Lipinski definition) is 0. The summed E-state index contributed by atoms with van der Waals surface area (Å²) < 4.78 is 37.5. The van der Waals surface area contributed by atoms with Crippen LogP contribution in [0.4, 0.5) is 19.0 Å². The summed E-state index contributed by atoms with van der Waals surface area (Å²) in [5.41, 5.74) is 0.198. The zero-order valence-electron chi connectivity index (χ0n) is 9.48. The molecule has 0 radical (unpaired) electrons. The average Bonchev–Trinajstić information content (AvgIpc) is 2.38. The van der Waals surface area contributed by atoms with Gasteiger partial charge in [-0.15, -0.1) is 0 Å². The Morgan fingerprint density at radius 3 is 2.33 bits per heavy atom. The van der Waals surface area contributed by atoms with Gasteiger partial charge in [-0.2, -0.15) is 18.4 Å². The summed E-state index contributed by atoms with van der Waals surface area (Å²) >= 11 is 0. The summed E-state index contributed by atoms with van der Waals surface area (Å²) in [5.74, 6) is -0.699. The van der Waals surface area contributed by atoms with Gasteiger partial charge in [-0.25, -0.2) is 9.97 Å². The predicted octanol–water partition coefficient (Wildman–Crippen LogP) is 2.13. The van der Waals surface area contributed by atoms with Gasteiger partial charge in [0.2, 0.25) is 0 Å². The highest BCUT2D eigenvalue weighted by molar-refractivity contribution is 5.37. The first-order valence-electron chi connectivity index (χ1n) is 5.54. The van der Waals surface area contributed by atoms with Crippen LogP contribution in [0.5, 0.6) is 0 Å². The Hall–Kier alpha value is -1.84. The van der Waals surface area contributed by atoms with Crippen molar-refractivity contribution in [1.82, 2.24) is 9.97 Å². The van der Waals surface area contributed by atoms with E-state index in [1.165, 1.54) is 12.4 Å². The molecule has 0 unspecified atom stereocenters. The summed E-state index contributed by atoms with van der Waals surface area (Å²) in [5, 5.41) is 8.57. The first-order chi connectivity index (χ1) is 8.50. The molecule has 96 valence electrons. The number of nitrogens with zero attached hydrogens (tertiary/aromatic N) is 4. The Morgan fingerprint density at radius 1 is 1.22 bits per heavy atom. The highest BCUT2D eigenvalue weighted by Crippen LogP contribution is 2.34. The van der Waals surface area contributed by atoms with Gasteiger partial charge in [0.1, 0.15) is 11.9 Å². The Balaban J connectivity index is 1.99. The fraction of sp³-hybridized carbons (Fsp3) is 0.545. The fourth-order valence-corrected chi connectivity index (χ4v) is 1.98. The monoisotopic (exact) mass is 256 g/mol. The van der Waals surface area contributed by atoms with Gasteiger partial charge in [0.05, 0.1) is 18.3 Å². The van der Waals surface area contributed by atoms with Gasteiger partial charge >= 0.3 is 6.18 Å². The van der Waals surface area contributed by atoms with Crippen LogP contribution in [0.25, 0.3) is 0 Å². The second kappa shape index (κ2) is 4.80. The zero-order chi connectivity index (χ0) is 13.2. The van der Waals surface area contributed by atoms with Crippen LogP contribution in [0, 0.1) is 17.2 Å². The van der Waals surface area contributed by atoms with E-state index in [4.69, 9.17) is 5.26 Å². The van der Waals surface area contributed by atoms with Crippen LogP contribution in [-0.2, 0) is 0 Å². The van der Waals surface area contributed by atoms with Crippen LogP contribution in [-0.4, -0.2) is 29.2 Å². The van der Waals surface area contributed by atoms with Gasteiger partial charge in [0.25, 0.3) is 0 Å². The molecule has 1 aromatic heterocycles. The van der Waals surface area contributed by atoms with Crippen LogP contribution >= 0.6 is 0 Å². The third kappa shape index (κ3) is 2.70. The minimum Gasteiger partial charge on any atom is -0.355 e. The minimum absolute atomic E-state index is 0.0746. The van der Waals surface area contributed by atoms with Crippen molar-refractivity contribution in [3.63, 3.8) is 0 Å². The number of halogens is 3. The smallest absolute Gasteiger partial charge is 0.355 e. The molecule has 1 aliphatic heterocycles. The number of rotatable bonds is 1. The van der Waals surface area contributed by atoms with Crippen LogP contribution in [0.2, 0.25) is 0 Å². The lowest BCUT2D eigenvalue weighted by atomic mass is 9.96. The van der Waals surface area contributed by atoms with Crippen molar-refractivity contribution in [2.75, 3.05) is 18.0 Å². The summed E-state index contributed by atoms with van der Waals surface area (Å²) in [6.07, 6.45) is -1.21. The van der Waals surface area contributed by atoms with Crippen molar-refractivity contribution in [2.45, 2.75) is 19.0 Å². The Morgan fingerprint density at radius 2 is 1.89 bits per heavy atom. The third-order valence-corrected chi connectivity index (χ3v) is 3.03. The molecule has 0 bridgehead atoms. The molecule has 2 rings (SSSR count). The highest BCUT2D eigenvalue weighted by Gasteiger charge is 2.41. The number of anilines is 1. The standard InChI is InChI=1S/C11H11F3N4/c12-11(13,14)8-1-3-18(4-2-8)10-7-16-9(5-15)6-17-10/h6-8H,1-4H2. The van der Waals surface area contributed by atoms with Crippen molar-refractivity contribution in [3.05, 3.63) is 18.1 Å². The molecule has 0 aromatic carbocycles. The largest absolute Gasteiger partial charge is 0.391 e. The molecule has 1 aromatic rings. The number of aromatic nitrogens is 2. The number of nitriles is 1. The second-order valence-corrected chi connectivity index (χ2v) is 4.17. The highest BCUT2D eigenvalue weighted by atomic mass is 19.4. The summed E-state index contributed by atoms with van der Waals surface area (Å²) in [7, 11) is 0. The molecule has 0 spiro atoms. The molecule has 0 atom stereocenters. The van der Waals surface area contributed by atoms with Crippen LogP contribution < -0.4 is 4.90 Å². The van der Waals surface area contributed by atoms with Crippen molar-refractivity contribution in [2.24, 2.45) is 5.92 Å². The molecule has 1 aliphatic rings. The van der Waals surface area contributed by atoms with E-state index in [2.05, 4.69) is 9.97 Å². The Kier molecular flexibility index (Phi) is 3.36. The SMILES string of the molecule is N#Cc1cnc(N2CCC(C(F)(F)F)CC2)cn1. The van der Waals surface area contributed by atoms with Crippen molar-refractivity contribution < 1.29 is 13.2 Å². The molecule has 2 heterocycles. The fourth-order valence-electron chi connectivity index (χ4n) is 1.98. The molecule has 0 amide bonds. The maximum absolute atomic E-state index is 12.5. The molecule has 0 aliphatic carbocycles. The molecular weight excluding hydrogens is 245 g/mol. The van der Waals surface area contributed by atoms with Crippen molar-refractivity contribution in [1.29, 1.82) is 5.26 Å². The second-order valence-electron chi connectivity index (χ2n) is 4.17. The van der Waals surface area contributed by atoms with Gasteiger partial charge in [0, 0.05) is 13.1 Å². The van der Waals surface area contributed by atoms with E-state index in [1.807, 2.05) is 6.07 Å². The van der Waals surface area contributed by atoms with Gasteiger partial charge in [0.15, 0.2) is 5.69 Å². The molecule has 18 heavy (non-hydrogen) atoms. The van der Waals surface area contributed by atoms with E-state index in [0.717, 1.165) is 0 Å². The predicted molar refractivity (Wildman–Crippen MR) is 57.7 cm³/mol. The topological polar surface area (TPSA) is 52.8 Å². The van der Waals surface area contributed by atoms with E-state index in [-0.39, 0.29) is 18.5 Å². The van der Waals surface area contributed by atoms with Gasteiger partial charge < -0.3 is 4.90 Å². The van der Waals surface area contributed by atoms with Gasteiger partial charge in [-0.05, 0) is 12.8 Å². The molecule has 1 saturated heterocycles. The molecular formula is C11H11F3N4. The van der Waals surface area contributed by atoms with E-state index < -0.39 is 12.1 Å². The third-order valence-electron chi connectivity index (χ3n) is 3.03. The van der Waals surface area contributed by atoms with Crippen LogP contribution in [0.15, 0.2) is 12.4 Å². The van der Waals surface area contributed by atoms with E-state index in [0.29, 0.717) is 18.9 Å². The maximum Gasteiger partial charge on any atom is 0.391 e. The number of hydrogen-bond acceptors (Lipinski definition) is 4. The average molecular weight is 256 g/mol. The van der Waals surface area contributed by atoms with E-state index in [1.54, 1.807) is 4.90 Å². The first-order valence-corrected chi connectivity index (χ1v) is 5.54. The Bertz CT molecular complexity index is 441. The van der Waals surface area contributed by atoms with Gasteiger partial charge in [-0.3, -0.25) is 0 Å². The molecule has 1 fully saturated rings. The lowest BCUT2D eigenvalue weighted by Crippen LogP contribution is -2.39. The lowest BCUT2D eigenvalue weighted by Gasteiger charge is -2.33. The Labute approximate surface area is 102 Å². The molecule has 4 nitrogen and oxygen atoms in total. The maximum atomic E-state index is 12.5. The molecule has 7 heteroatoms. The number of alkyl halides is 3. The lowest BCUT2D eigenvalue weighted by molar-refractivity contribution is -0.179. The van der Waals surface area contributed by atoms with Gasteiger partial charge in [-0.1, -0.05) is 0 Å². The van der Waals surface area contributed by atoms with E-state index in [9.17, 15) is 13.2 Å². The quantitative estimate of drug-likeness (QED) is 0.772. The van der Waals surface area contributed by atoms with Crippen LogP contribution in [0.1, 0.15) is 18.5 Å². The molecule has 0 N–H and O–H groups in total. The summed E-state index contributed by atoms with van der Waals surface area (Å²) in [6, 6.07) is 1.84. The minimum atomic E-state index is -4.11. The number of piperidine rings is 1. The normalized spacial score (nSPS) is 17.6. The summed E-state index contributed by atoms with van der Waals surface area (Å²) in [4.78, 5) is 9.63. The van der Waals surface area contributed by atoms with Crippen molar-refractivity contribution in [3.8, 4) is 6.07 Å².